The van der Waals surface area contributed by atoms with Gasteiger partial charge in [0.2, 0.25) is 0 Å². The molecule has 5 aromatic carbocycles. The lowest BCUT2D eigenvalue weighted by Gasteiger charge is -2.23. The van der Waals surface area contributed by atoms with Gasteiger partial charge in [0.25, 0.3) is 0 Å². The maximum atomic E-state index is 10.4. The number of nitriles is 2. The van der Waals surface area contributed by atoms with Crippen LogP contribution in [0.4, 0.5) is 0 Å². The van der Waals surface area contributed by atoms with Crippen molar-refractivity contribution in [3.05, 3.63) is 160 Å². The van der Waals surface area contributed by atoms with E-state index in [9.17, 15) is 10.5 Å². The highest BCUT2D eigenvalue weighted by Crippen LogP contribution is 2.53. The summed E-state index contributed by atoms with van der Waals surface area (Å²) >= 11 is 0. The van der Waals surface area contributed by atoms with Gasteiger partial charge in [-0.3, -0.25) is 0 Å². The number of hydrogen-bond donors (Lipinski definition) is 0. The van der Waals surface area contributed by atoms with E-state index in [2.05, 4.69) is 106 Å². The first kappa shape index (κ1) is 27.6. The van der Waals surface area contributed by atoms with Crippen molar-refractivity contribution in [3.63, 3.8) is 0 Å². The number of benzene rings is 5. The van der Waals surface area contributed by atoms with Gasteiger partial charge in [0.05, 0.1) is 23.3 Å². The zero-order valence-corrected chi connectivity index (χ0v) is 26.0. The van der Waals surface area contributed by atoms with Gasteiger partial charge in [-0.2, -0.15) is 10.5 Å². The third kappa shape index (κ3) is 3.76. The molecule has 3 heteroatoms. The number of allylic oxidation sites excluding steroid dienone is 5. The molecular formula is C43H30N2O. The number of fused-ring (bicyclic) bond motifs is 8. The Hall–Kier alpha value is -5.90. The highest BCUT2D eigenvalue weighted by atomic mass is 16.3. The standard InChI is InChI=1S/C43H30N2O/c1-5-6-14-37-25(2)29-18-19-34-36-22-27(16-20-38(36)46-42(34)41(29)43(37,3)4)30-13-9-10-28(24-45)39(30)40-32-12-8-7-11-31(32)35-21-26(23-44)15-17-33(35)40/h5-22,40H,1H2,2-4H3/b14-6-. The second-order valence-electron chi connectivity index (χ2n) is 12.7. The molecule has 0 fully saturated rings. The van der Waals surface area contributed by atoms with Crippen LogP contribution in [-0.2, 0) is 5.41 Å². The lowest BCUT2D eigenvalue weighted by atomic mass is 9.80. The smallest absolute Gasteiger partial charge is 0.140 e. The summed E-state index contributed by atoms with van der Waals surface area (Å²) in [4.78, 5) is 0. The van der Waals surface area contributed by atoms with Crippen molar-refractivity contribution in [3.8, 4) is 34.4 Å². The summed E-state index contributed by atoms with van der Waals surface area (Å²) in [5, 5.41) is 22.2. The molecule has 2 aliphatic carbocycles. The summed E-state index contributed by atoms with van der Waals surface area (Å²) in [6.07, 6.45) is 5.99. The fraction of sp³-hybridized carbons (Fsp3) is 0.116. The number of furan rings is 1. The molecule has 0 aliphatic heterocycles. The summed E-state index contributed by atoms with van der Waals surface area (Å²) in [5.74, 6) is -0.137. The van der Waals surface area contributed by atoms with Gasteiger partial charge in [0.1, 0.15) is 11.2 Å². The average Bonchev–Trinajstić information content (AvgIpc) is 3.67. The van der Waals surface area contributed by atoms with Crippen LogP contribution in [0.2, 0.25) is 0 Å². The highest BCUT2D eigenvalue weighted by Gasteiger charge is 2.38. The molecule has 0 saturated heterocycles. The predicted molar refractivity (Wildman–Crippen MR) is 186 cm³/mol. The van der Waals surface area contributed by atoms with E-state index < -0.39 is 0 Å². The molecule has 0 amide bonds. The predicted octanol–water partition coefficient (Wildman–Crippen LogP) is 11.0. The summed E-state index contributed by atoms with van der Waals surface area (Å²) in [6, 6.07) is 35.9. The van der Waals surface area contributed by atoms with E-state index in [1.165, 1.54) is 22.3 Å². The van der Waals surface area contributed by atoms with Crippen molar-refractivity contribution in [2.24, 2.45) is 0 Å². The minimum absolute atomic E-state index is 0.137. The third-order valence-electron chi connectivity index (χ3n) is 10.0. The highest BCUT2D eigenvalue weighted by molar-refractivity contribution is 6.09. The van der Waals surface area contributed by atoms with Crippen molar-refractivity contribution in [2.75, 3.05) is 0 Å². The van der Waals surface area contributed by atoms with Gasteiger partial charge in [-0.1, -0.05) is 93.3 Å². The quantitative estimate of drug-likeness (QED) is 0.192. The van der Waals surface area contributed by atoms with Gasteiger partial charge in [-0.05, 0) is 99.0 Å². The minimum atomic E-state index is -0.224. The summed E-state index contributed by atoms with van der Waals surface area (Å²) in [7, 11) is 0. The van der Waals surface area contributed by atoms with Crippen molar-refractivity contribution in [2.45, 2.75) is 32.1 Å². The van der Waals surface area contributed by atoms with E-state index in [0.29, 0.717) is 11.1 Å². The molecule has 218 valence electrons. The van der Waals surface area contributed by atoms with Crippen LogP contribution in [0.25, 0.3) is 49.8 Å². The zero-order valence-electron chi connectivity index (χ0n) is 26.0. The van der Waals surface area contributed by atoms with Gasteiger partial charge in [-0.15, -0.1) is 0 Å². The maximum Gasteiger partial charge on any atom is 0.140 e. The van der Waals surface area contributed by atoms with E-state index in [0.717, 1.165) is 60.9 Å². The average molecular weight is 591 g/mol. The minimum Gasteiger partial charge on any atom is -0.456 e. The fourth-order valence-electron chi connectivity index (χ4n) is 8.00. The van der Waals surface area contributed by atoms with E-state index in [-0.39, 0.29) is 11.3 Å². The Bertz CT molecular complexity index is 2450. The first-order chi connectivity index (χ1) is 22.4. The summed E-state index contributed by atoms with van der Waals surface area (Å²) in [5.41, 5.74) is 15.2. The maximum absolute atomic E-state index is 10.4. The summed E-state index contributed by atoms with van der Waals surface area (Å²) in [6.45, 7) is 10.6. The topological polar surface area (TPSA) is 60.7 Å². The molecular weight excluding hydrogens is 560 g/mol. The van der Waals surface area contributed by atoms with Crippen LogP contribution < -0.4 is 0 Å². The lowest BCUT2D eigenvalue weighted by molar-refractivity contribution is 0.616. The number of hydrogen-bond acceptors (Lipinski definition) is 3. The monoisotopic (exact) mass is 590 g/mol. The van der Waals surface area contributed by atoms with Crippen molar-refractivity contribution < 1.29 is 4.42 Å². The molecule has 0 radical (unpaired) electrons. The molecule has 0 bridgehead atoms. The molecule has 0 spiro atoms. The van der Waals surface area contributed by atoms with Crippen molar-refractivity contribution in [1.29, 1.82) is 10.5 Å². The number of rotatable bonds is 4. The van der Waals surface area contributed by atoms with Crippen LogP contribution in [0.1, 0.15) is 65.6 Å². The Morgan fingerprint density at radius 3 is 2.39 bits per heavy atom. The molecule has 46 heavy (non-hydrogen) atoms. The molecule has 2 aliphatic rings. The zero-order chi connectivity index (χ0) is 31.7. The van der Waals surface area contributed by atoms with Crippen LogP contribution in [0, 0.1) is 22.7 Å². The van der Waals surface area contributed by atoms with Gasteiger partial charge >= 0.3 is 0 Å². The van der Waals surface area contributed by atoms with E-state index in [1.807, 2.05) is 42.5 Å². The lowest BCUT2D eigenvalue weighted by Crippen LogP contribution is -2.16. The normalized spacial score (nSPS) is 16.0. The molecule has 0 N–H and O–H groups in total. The van der Waals surface area contributed by atoms with Crippen LogP contribution >= 0.6 is 0 Å². The van der Waals surface area contributed by atoms with Gasteiger partial charge in [0, 0.05) is 27.7 Å². The van der Waals surface area contributed by atoms with Crippen molar-refractivity contribution in [1.82, 2.24) is 0 Å². The summed E-state index contributed by atoms with van der Waals surface area (Å²) < 4.78 is 6.66. The van der Waals surface area contributed by atoms with E-state index in [4.69, 9.17) is 4.42 Å². The molecule has 1 unspecified atom stereocenters. The second kappa shape index (κ2) is 10.1. The Morgan fingerprint density at radius 1 is 0.783 bits per heavy atom. The van der Waals surface area contributed by atoms with Crippen LogP contribution in [0.3, 0.4) is 0 Å². The second-order valence-corrected chi connectivity index (χ2v) is 12.7. The largest absolute Gasteiger partial charge is 0.456 e. The number of nitrogens with zero attached hydrogens (tertiary/aromatic N) is 2. The Labute approximate surface area is 268 Å². The molecule has 0 saturated carbocycles. The molecule has 1 atom stereocenters. The SMILES string of the molecule is C=C/C=C\C1=C(C)c2ccc3c(oc4ccc(-c5cccc(C#N)c5C5c6ccccc6-c6cc(C#N)ccc65)cc43)c2C1(C)C. The van der Waals surface area contributed by atoms with Crippen LogP contribution in [-0.4, -0.2) is 0 Å². The first-order valence-electron chi connectivity index (χ1n) is 15.5. The molecule has 6 aromatic rings. The van der Waals surface area contributed by atoms with Gasteiger partial charge in [0.15, 0.2) is 0 Å². The fourth-order valence-corrected chi connectivity index (χ4v) is 8.00. The molecule has 1 aromatic heterocycles. The van der Waals surface area contributed by atoms with Crippen LogP contribution in [0.15, 0.2) is 126 Å². The molecule has 1 heterocycles. The van der Waals surface area contributed by atoms with Crippen molar-refractivity contribution >= 4 is 27.5 Å². The Morgan fingerprint density at radius 2 is 1.59 bits per heavy atom. The third-order valence-corrected chi connectivity index (χ3v) is 10.0. The Kier molecular flexibility index (Phi) is 6.05. The Balaban J connectivity index is 1.34. The van der Waals surface area contributed by atoms with Crippen LogP contribution in [0.5, 0.6) is 0 Å². The first-order valence-corrected chi connectivity index (χ1v) is 15.5. The van der Waals surface area contributed by atoms with Gasteiger partial charge in [-0.25, -0.2) is 0 Å². The van der Waals surface area contributed by atoms with Gasteiger partial charge < -0.3 is 4.42 Å². The van der Waals surface area contributed by atoms with E-state index in [1.54, 1.807) is 0 Å². The molecule has 8 rings (SSSR count). The molecule has 3 nitrogen and oxygen atoms in total. The van der Waals surface area contributed by atoms with E-state index >= 15 is 0 Å².